The average molecular weight is 314 g/mol. The van der Waals surface area contributed by atoms with E-state index in [9.17, 15) is 9.59 Å². The number of rotatable bonds is 6. The Morgan fingerprint density at radius 2 is 1.65 bits per heavy atom. The minimum Gasteiger partial charge on any atom is -0.493 e. The Hall–Kier alpha value is -2.82. The molecule has 0 fully saturated rings. The smallest absolute Gasteiger partial charge is 0.338 e. The van der Waals surface area contributed by atoms with E-state index in [1.807, 2.05) is 19.1 Å². The van der Waals surface area contributed by atoms with Crippen LogP contribution in [0, 0.1) is 6.92 Å². The van der Waals surface area contributed by atoms with Gasteiger partial charge in [0.05, 0.1) is 19.8 Å². The lowest BCUT2D eigenvalue weighted by Crippen LogP contribution is -2.15. The van der Waals surface area contributed by atoms with Crippen LogP contribution in [0.1, 0.15) is 26.3 Å². The van der Waals surface area contributed by atoms with Crippen molar-refractivity contribution in [3.05, 3.63) is 59.2 Å². The lowest BCUT2D eigenvalue weighted by atomic mass is 10.1. The van der Waals surface area contributed by atoms with Gasteiger partial charge in [0.15, 0.2) is 23.9 Å². The lowest BCUT2D eigenvalue weighted by Gasteiger charge is -2.10. The van der Waals surface area contributed by atoms with Crippen LogP contribution in [0.3, 0.4) is 0 Å². The van der Waals surface area contributed by atoms with Gasteiger partial charge in [-0.1, -0.05) is 18.2 Å². The maximum absolute atomic E-state index is 12.2. The van der Waals surface area contributed by atoms with Crippen LogP contribution in [0.15, 0.2) is 42.5 Å². The van der Waals surface area contributed by atoms with Gasteiger partial charge in [0, 0.05) is 5.56 Å². The molecule has 2 rings (SSSR count). The molecule has 0 atom stereocenters. The SMILES string of the molecule is COc1ccc(C(=O)COC(=O)c2ccccc2C)cc1OC. The summed E-state index contributed by atoms with van der Waals surface area (Å²) in [5.74, 6) is 0.148. The summed E-state index contributed by atoms with van der Waals surface area (Å²) in [7, 11) is 3.01. The van der Waals surface area contributed by atoms with Gasteiger partial charge >= 0.3 is 5.97 Å². The fourth-order valence-corrected chi connectivity index (χ4v) is 2.10. The van der Waals surface area contributed by atoms with Crippen molar-refractivity contribution >= 4 is 11.8 Å². The Labute approximate surface area is 134 Å². The van der Waals surface area contributed by atoms with Crippen LogP contribution in [-0.2, 0) is 4.74 Å². The van der Waals surface area contributed by atoms with Crippen molar-refractivity contribution in [2.45, 2.75) is 6.92 Å². The molecule has 0 N–H and O–H groups in total. The normalized spacial score (nSPS) is 10.0. The zero-order valence-corrected chi connectivity index (χ0v) is 13.3. The van der Waals surface area contributed by atoms with E-state index in [2.05, 4.69) is 0 Å². The first-order chi connectivity index (χ1) is 11.1. The highest BCUT2D eigenvalue weighted by atomic mass is 16.5. The molecule has 0 bridgehead atoms. The molecule has 0 heterocycles. The van der Waals surface area contributed by atoms with Gasteiger partial charge in [-0.2, -0.15) is 0 Å². The van der Waals surface area contributed by atoms with Crippen molar-refractivity contribution in [2.24, 2.45) is 0 Å². The highest BCUT2D eigenvalue weighted by molar-refractivity contribution is 6.00. The van der Waals surface area contributed by atoms with Crippen LogP contribution in [0.4, 0.5) is 0 Å². The summed E-state index contributed by atoms with van der Waals surface area (Å²) in [6.45, 7) is 1.48. The molecular formula is C18H18O5. The molecule has 0 unspecified atom stereocenters. The summed E-state index contributed by atoms with van der Waals surface area (Å²) in [5, 5.41) is 0. The molecule has 2 aromatic rings. The van der Waals surface area contributed by atoms with E-state index in [4.69, 9.17) is 14.2 Å². The predicted molar refractivity (Wildman–Crippen MR) is 85.3 cm³/mol. The van der Waals surface area contributed by atoms with E-state index < -0.39 is 5.97 Å². The zero-order chi connectivity index (χ0) is 16.8. The Kier molecular flexibility index (Phi) is 5.36. The van der Waals surface area contributed by atoms with Gasteiger partial charge in [-0.25, -0.2) is 4.79 Å². The molecule has 0 radical (unpaired) electrons. The molecule has 0 spiro atoms. The van der Waals surface area contributed by atoms with Crippen molar-refractivity contribution < 1.29 is 23.8 Å². The summed E-state index contributed by atoms with van der Waals surface area (Å²) in [6.07, 6.45) is 0. The number of aryl methyl sites for hydroxylation is 1. The standard InChI is InChI=1S/C18H18O5/c1-12-6-4-5-7-14(12)18(20)23-11-15(19)13-8-9-16(21-2)17(10-13)22-3/h4-10H,11H2,1-3H3. The minimum atomic E-state index is -0.517. The molecule has 5 nitrogen and oxygen atoms in total. The lowest BCUT2D eigenvalue weighted by molar-refractivity contribution is 0.0474. The first-order valence-electron chi connectivity index (χ1n) is 7.04. The molecule has 0 aliphatic rings. The van der Waals surface area contributed by atoms with E-state index >= 15 is 0 Å². The molecule has 23 heavy (non-hydrogen) atoms. The van der Waals surface area contributed by atoms with Crippen molar-refractivity contribution in [3.8, 4) is 11.5 Å². The Morgan fingerprint density at radius 1 is 0.957 bits per heavy atom. The van der Waals surface area contributed by atoms with E-state index in [0.29, 0.717) is 22.6 Å². The first-order valence-corrected chi connectivity index (χ1v) is 7.04. The Morgan fingerprint density at radius 3 is 2.30 bits per heavy atom. The number of ether oxygens (including phenoxy) is 3. The second-order valence-electron chi connectivity index (χ2n) is 4.88. The summed E-state index contributed by atoms with van der Waals surface area (Å²) >= 11 is 0. The number of ketones is 1. The number of carbonyl (C=O) groups is 2. The molecule has 0 aliphatic heterocycles. The molecule has 0 aliphatic carbocycles. The summed E-state index contributed by atoms with van der Waals surface area (Å²) < 4.78 is 15.4. The molecule has 0 saturated heterocycles. The Balaban J connectivity index is 2.05. The molecule has 0 amide bonds. The quantitative estimate of drug-likeness (QED) is 0.606. The summed E-state index contributed by atoms with van der Waals surface area (Å²) in [6, 6.07) is 11.9. The van der Waals surface area contributed by atoms with Crippen LogP contribution in [0.25, 0.3) is 0 Å². The summed E-state index contributed by atoms with van der Waals surface area (Å²) in [4.78, 5) is 24.2. The van der Waals surface area contributed by atoms with Gasteiger partial charge < -0.3 is 14.2 Å². The molecule has 0 aromatic heterocycles. The van der Waals surface area contributed by atoms with E-state index in [0.717, 1.165) is 5.56 Å². The third kappa shape index (κ3) is 3.88. The van der Waals surface area contributed by atoms with E-state index in [-0.39, 0.29) is 12.4 Å². The number of methoxy groups -OCH3 is 2. The van der Waals surface area contributed by atoms with E-state index in [1.165, 1.54) is 14.2 Å². The number of hydrogen-bond donors (Lipinski definition) is 0. The average Bonchev–Trinajstić information content (AvgIpc) is 2.59. The van der Waals surface area contributed by atoms with Crippen molar-refractivity contribution in [1.29, 1.82) is 0 Å². The van der Waals surface area contributed by atoms with Gasteiger partial charge in [0.25, 0.3) is 0 Å². The van der Waals surface area contributed by atoms with Gasteiger partial charge in [-0.05, 0) is 36.8 Å². The third-order valence-electron chi connectivity index (χ3n) is 3.40. The number of carbonyl (C=O) groups excluding carboxylic acids is 2. The highest BCUT2D eigenvalue weighted by Crippen LogP contribution is 2.27. The van der Waals surface area contributed by atoms with Gasteiger partial charge in [-0.15, -0.1) is 0 Å². The minimum absolute atomic E-state index is 0.312. The number of Topliss-reactive ketones (excluding diaryl/α,β-unsaturated/α-hetero) is 1. The van der Waals surface area contributed by atoms with Crippen LogP contribution in [-0.4, -0.2) is 32.6 Å². The fourth-order valence-electron chi connectivity index (χ4n) is 2.10. The van der Waals surface area contributed by atoms with Crippen LogP contribution in [0.2, 0.25) is 0 Å². The van der Waals surface area contributed by atoms with Crippen LogP contribution < -0.4 is 9.47 Å². The molecule has 120 valence electrons. The number of hydrogen-bond acceptors (Lipinski definition) is 5. The largest absolute Gasteiger partial charge is 0.493 e. The maximum atomic E-state index is 12.2. The van der Waals surface area contributed by atoms with Crippen molar-refractivity contribution in [2.75, 3.05) is 20.8 Å². The first kappa shape index (κ1) is 16.5. The topological polar surface area (TPSA) is 61.8 Å². The van der Waals surface area contributed by atoms with Crippen molar-refractivity contribution in [3.63, 3.8) is 0 Å². The molecule has 0 saturated carbocycles. The Bertz CT molecular complexity index is 721. The van der Waals surface area contributed by atoms with Crippen LogP contribution in [0.5, 0.6) is 11.5 Å². The monoisotopic (exact) mass is 314 g/mol. The number of esters is 1. The molecule has 2 aromatic carbocycles. The fraction of sp³-hybridized carbons (Fsp3) is 0.222. The van der Waals surface area contributed by atoms with Gasteiger partial charge in [-0.3, -0.25) is 4.79 Å². The maximum Gasteiger partial charge on any atom is 0.338 e. The third-order valence-corrected chi connectivity index (χ3v) is 3.40. The zero-order valence-electron chi connectivity index (χ0n) is 13.3. The van der Waals surface area contributed by atoms with Gasteiger partial charge in [0.1, 0.15) is 0 Å². The predicted octanol–water partition coefficient (Wildman–Crippen LogP) is 3.05. The molecular weight excluding hydrogens is 296 g/mol. The second-order valence-corrected chi connectivity index (χ2v) is 4.88. The summed E-state index contributed by atoms with van der Waals surface area (Å²) in [5.41, 5.74) is 1.64. The van der Waals surface area contributed by atoms with Crippen LogP contribution >= 0.6 is 0 Å². The second kappa shape index (κ2) is 7.45. The van der Waals surface area contributed by atoms with Gasteiger partial charge in [0.2, 0.25) is 0 Å². The molecule has 5 heteroatoms. The van der Waals surface area contributed by atoms with E-state index in [1.54, 1.807) is 30.3 Å². The number of benzene rings is 2. The van der Waals surface area contributed by atoms with Crippen molar-refractivity contribution in [1.82, 2.24) is 0 Å². The highest BCUT2D eigenvalue weighted by Gasteiger charge is 2.15.